The summed E-state index contributed by atoms with van der Waals surface area (Å²) in [4.78, 5) is 18.1. The molecule has 1 unspecified atom stereocenters. The van der Waals surface area contributed by atoms with Crippen molar-refractivity contribution < 1.29 is 14.4 Å². The summed E-state index contributed by atoms with van der Waals surface area (Å²) in [5.41, 5.74) is 1.38. The first-order chi connectivity index (χ1) is 13.1. The van der Waals surface area contributed by atoms with Gasteiger partial charge in [-0.1, -0.05) is 5.16 Å². The highest BCUT2D eigenvalue weighted by molar-refractivity contribution is 5.65. The van der Waals surface area contributed by atoms with Crippen LogP contribution >= 0.6 is 0 Å². The van der Waals surface area contributed by atoms with E-state index in [9.17, 15) is 9.90 Å². The lowest BCUT2D eigenvalue weighted by Gasteiger charge is -2.52. The van der Waals surface area contributed by atoms with Gasteiger partial charge in [0.1, 0.15) is 12.0 Å². The molecule has 7 nitrogen and oxygen atoms in total. The van der Waals surface area contributed by atoms with E-state index in [4.69, 9.17) is 4.52 Å². The highest BCUT2D eigenvalue weighted by atomic mass is 16.5. The van der Waals surface area contributed by atoms with Gasteiger partial charge in [-0.2, -0.15) is 0 Å². The van der Waals surface area contributed by atoms with Gasteiger partial charge < -0.3 is 19.4 Å². The molecule has 4 heterocycles. The molecule has 1 N–H and O–H groups in total. The Morgan fingerprint density at radius 1 is 1.15 bits per heavy atom. The van der Waals surface area contributed by atoms with E-state index >= 15 is 0 Å². The van der Waals surface area contributed by atoms with Crippen LogP contribution in [0.2, 0.25) is 0 Å². The lowest BCUT2D eigenvalue weighted by Crippen LogP contribution is -2.55. The van der Waals surface area contributed by atoms with E-state index in [1.165, 1.54) is 58.2 Å². The Hall–Kier alpha value is -1.60. The van der Waals surface area contributed by atoms with Gasteiger partial charge in [0.05, 0.1) is 6.04 Å². The van der Waals surface area contributed by atoms with E-state index in [2.05, 4.69) is 15.0 Å². The molecule has 3 aliphatic heterocycles. The van der Waals surface area contributed by atoms with Crippen LogP contribution in [0.1, 0.15) is 56.7 Å². The molecule has 5 rings (SSSR count). The molecule has 4 fully saturated rings. The average Bonchev–Trinajstić information content (AvgIpc) is 3.39. The number of hydrogen-bond acceptors (Lipinski definition) is 5. The Balaban J connectivity index is 1.13. The van der Waals surface area contributed by atoms with Crippen molar-refractivity contribution in [2.24, 2.45) is 5.41 Å². The number of hydrogen-bond donors (Lipinski definition) is 1. The molecule has 1 amide bonds. The Morgan fingerprint density at radius 2 is 1.96 bits per heavy atom. The summed E-state index contributed by atoms with van der Waals surface area (Å²) >= 11 is 0. The second kappa shape index (κ2) is 6.78. The lowest BCUT2D eigenvalue weighted by atomic mass is 9.64. The van der Waals surface area contributed by atoms with E-state index in [0.717, 1.165) is 25.2 Å². The van der Waals surface area contributed by atoms with E-state index in [1.54, 1.807) is 11.2 Å². The first-order valence-electron chi connectivity index (χ1n) is 10.5. The van der Waals surface area contributed by atoms with Gasteiger partial charge in [0.15, 0.2) is 0 Å². The van der Waals surface area contributed by atoms with Gasteiger partial charge in [-0.15, -0.1) is 0 Å². The Kier molecular flexibility index (Phi) is 4.39. The first kappa shape index (κ1) is 17.5. The number of rotatable bonds is 3. The van der Waals surface area contributed by atoms with Gasteiger partial charge in [0.2, 0.25) is 0 Å². The van der Waals surface area contributed by atoms with Crippen molar-refractivity contribution in [1.29, 1.82) is 0 Å². The molecule has 1 aliphatic carbocycles. The molecule has 1 atom stereocenters. The molecular formula is C20H30N4O3. The highest BCUT2D eigenvalue weighted by Crippen LogP contribution is 2.50. The predicted molar refractivity (Wildman–Crippen MR) is 99.4 cm³/mol. The smallest absolute Gasteiger partial charge is 0.407 e. The molecule has 148 valence electrons. The molecule has 1 aromatic heterocycles. The molecule has 4 aliphatic rings. The molecule has 1 spiro atoms. The molecule has 1 saturated carbocycles. The number of likely N-dealkylation sites (tertiary alicyclic amines) is 3. The van der Waals surface area contributed by atoms with Crippen LogP contribution in [0.3, 0.4) is 0 Å². The van der Waals surface area contributed by atoms with Gasteiger partial charge >= 0.3 is 6.09 Å². The highest BCUT2D eigenvalue weighted by Gasteiger charge is 2.51. The molecule has 1 aromatic rings. The van der Waals surface area contributed by atoms with Crippen molar-refractivity contribution >= 4 is 6.09 Å². The number of carbonyl (C=O) groups is 1. The zero-order valence-electron chi connectivity index (χ0n) is 15.9. The number of piperidine rings is 1. The summed E-state index contributed by atoms with van der Waals surface area (Å²) < 4.78 is 5.08. The third-order valence-electron chi connectivity index (χ3n) is 7.62. The van der Waals surface area contributed by atoms with Crippen molar-refractivity contribution in [3.63, 3.8) is 0 Å². The average molecular weight is 374 g/mol. The largest absolute Gasteiger partial charge is 0.465 e. The number of amides is 1. The van der Waals surface area contributed by atoms with Crippen molar-refractivity contribution in [3.8, 4) is 0 Å². The summed E-state index contributed by atoms with van der Waals surface area (Å²) in [6.45, 7) is 5.01. The van der Waals surface area contributed by atoms with E-state index in [1.807, 2.05) is 6.07 Å². The van der Waals surface area contributed by atoms with Gasteiger partial charge in [0.25, 0.3) is 0 Å². The van der Waals surface area contributed by atoms with Crippen molar-refractivity contribution in [3.05, 3.63) is 18.0 Å². The second-order valence-electron chi connectivity index (χ2n) is 9.10. The van der Waals surface area contributed by atoms with Crippen LogP contribution in [0, 0.1) is 5.41 Å². The lowest BCUT2D eigenvalue weighted by molar-refractivity contribution is -0.0169. The van der Waals surface area contributed by atoms with Crippen molar-refractivity contribution in [2.75, 3.05) is 32.7 Å². The van der Waals surface area contributed by atoms with Crippen LogP contribution in [0.4, 0.5) is 4.79 Å². The third kappa shape index (κ3) is 3.14. The normalized spacial score (nSPS) is 35.8. The fraction of sp³-hybridized carbons (Fsp3) is 0.800. The maximum Gasteiger partial charge on any atom is 0.407 e. The summed E-state index contributed by atoms with van der Waals surface area (Å²) in [7, 11) is 0. The molecule has 7 heteroatoms. The van der Waals surface area contributed by atoms with Gasteiger partial charge in [-0.3, -0.25) is 4.90 Å². The quantitative estimate of drug-likeness (QED) is 0.877. The third-order valence-corrected chi connectivity index (χ3v) is 7.62. The van der Waals surface area contributed by atoms with Crippen LogP contribution in [0.15, 0.2) is 16.9 Å². The number of carboxylic acid groups (broad SMARTS) is 1. The van der Waals surface area contributed by atoms with E-state index < -0.39 is 6.09 Å². The van der Waals surface area contributed by atoms with E-state index in [0.29, 0.717) is 18.1 Å². The number of nitrogens with zero attached hydrogens (tertiary/aromatic N) is 4. The molecule has 3 saturated heterocycles. The van der Waals surface area contributed by atoms with Crippen LogP contribution in [-0.2, 0) is 0 Å². The van der Waals surface area contributed by atoms with Crippen LogP contribution in [0.25, 0.3) is 0 Å². The SMILES string of the molecule is O=C(O)N1CCC2(CC(N3CCC(N4CCCC4c4ccon4)CC3)C2)C1. The maximum absolute atomic E-state index is 11.2. The fourth-order valence-corrected chi connectivity index (χ4v) is 6.15. The second-order valence-corrected chi connectivity index (χ2v) is 9.10. The molecule has 0 radical (unpaired) electrons. The Morgan fingerprint density at radius 3 is 2.63 bits per heavy atom. The van der Waals surface area contributed by atoms with Gasteiger partial charge in [-0.25, -0.2) is 4.79 Å². The zero-order valence-corrected chi connectivity index (χ0v) is 15.9. The van der Waals surface area contributed by atoms with Crippen LogP contribution in [0.5, 0.6) is 0 Å². The Labute approximate surface area is 160 Å². The monoisotopic (exact) mass is 374 g/mol. The molecular weight excluding hydrogens is 344 g/mol. The van der Waals surface area contributed by atoms with Gasteiger partial charge in [0, 0.05) is 31.2 Å². The maximum atomic E-state index is 11.2. The van der Waals surface area contributed by atoms with Crippen molar-refractivity contribution in [1.82, 2.24) is 19.9 Å². The minimum atomic E-state index is -0.747. The van der Waals surface area contributed by atoms with Crippen LogP contribution < -0.4 is 0 Å². The minimum Gasteiger partial charge on any atom is -0.465 e. The fourth-order valence-electron chi connectivity index (χ4n) is 6.15. The first-order valence-corrected chi connectivity index (χ1v) is 10.5. The van der Waals surface area contributed by atoms with Crippen molar-refractivity contribution in [2.45, 2.75) is 63.1 Å². The summed E-state index contributed by atoms with van der Waals surface area (Å²) in [5, 5.41) is 13.4. The Bertz CT molecular complexity index is 665. The summed E-state index contributed by atoms with van der Waals surface area (Å²) in [6, 6.07) is 3.79. The van der Waals surface area contributed by atoms with Gasteiger partial charge in [-0.05, 0) is 70.0 Å². The number of aromatic nitrogens is 1. The predicted octanol–water partition coefficient (Wildman–Crippen LogP) is 2.81. The zero-order chi connectivity index (χ0) is 18.4. The molecule has 27 heavy (non-hydrogen) atoms. The van der Waals surface area contributed by atoms with Crippen LogP contribution in [-0.4, -0.2) is 75.9 Å². The summed E-state index contributed by atoms with van der Waals surface area (Å²) in [6.07, 6.45) is 9.29. The summed E-state index contributed by atoms with van der Waals surface area (Å²) in [5.74, 6) is 0. The molecule has 0 aromatic carbocycles. The van der Waals surface area contributed by atoms with E-state index in [-0.39, 0.29) is 5.41 Å². The topological polar surface area (TPSA) is 73.1 Å². The minimum absolute atomic E-state index is 0.285. The standard InChI is InChI=1S/C20H30N4O3/c25-19(26)23-10-6-20(14-23)12-16(13-20)22-8-3-15(4-9-22)24-7-1-2-18(24)17-5-11-27-21-17/h5,11,15-16,18H,1-4,6-10,12-14H2,(H,25,26). The molecule has 0 bridgehead atoms.